The minimum absolute atomic E-state index is 0.0102. The van der Waals surface area contributed by atoms with Crippen molar-refractivity contribution in [1.82, 2.24) is 24.6 Å². The Kier molecular flexibility index (Phi) is 7.17. The number of nitrogen functional groups attached to an aromatic ring is 1. The number of ether oxygens (including phenoxy) is 2. The minimum atomic E-state index is -3.83. The molecule has 3 N–H and O–H groups in total. The van der Waals surface area contributed by atoms with E-state index in [9.17, 15) is 9.36 Å². The molecule has 2 aromatic rings. The topological polar surface area (TPSA) is 153 Å². The van der Waals surface area contributed by atoms with Crippen molar-refractivity contribution in [2.45, 2.75) is 58.7 Å². The van der Waals surface area contributed by atoms with Crippen LogP contribution in [-0.2, 0) is 23.1 Å². The molecule has 35 heavy (non-hydrogen) atoms. The summed E-state index contributed by atoms with van der Waals surface area (Å²) in [6.07, 6.45) is -1.85. The van der Waals surface area contributed by atoms with Crippen LogP contribution in [0.25, 0.3) is 11.2 Å². The van der Waals surface area contributed by atoms with E-state index >= 15 is 4.39 Å². The summed E-state index contributed by atoms with van der Waals surface area (Å²) in [5, 5.41) is 2.72. The average molecular weight is 533 g/mol. The van der Waals surface area contributed by atoms with Gasteiger partial charge in [-0.25, -0.2) is 19.0 Å². The van der Waals surface area contributed by atoms with Crippen molar-refractivity contribution in [2.24, 2.45) is 5.41 Å². The number of nitrogens with zero attached hydrogens (tertiary/aromatic N) is 4. The van der Waals surface area contributed by atoms with Crippen molar-refractivity contribution in [2.75, 3.05) is 31.2 Å². The molecular weight excluding hydrogens is 502 g/mol. The van der Waals surface area contributed by atoms with Gasteiger partial charge >= 0.3 is 7.75 Å². The van der Waals surface area contributed by atoms with Crippen molar-refractivity contribution in [3.63, 3.8) is 0 Å². The van der Waals surface area contributed by atoms with E-state index in [4.69, 9.17) is 24.3 Å². The number of hydrogen-bond donors (Lipinski definition) is 2. The normalized spacial score (nSPS) is 31.0. The van der Waals surface area contributed by atoms with E-state index < -0.39 is 37.3 Å². The summed E-state index contributed by atoms with van der Waals surface area (Å²) in [7, 11) is -3.83. The van der Waals surface area contributed by atoms with Crippen LogP contribution in [-0.4, -0.2) is 68.0 Å². The van der Waals surface area contributed by atoms with Gasteiger partial charge in [-0.15, -0.1) is 0 Å². The molecule has 0 bridgehead atoms. The van der Waals surface area contributed by atoms with Gasteiger partial charge < -0.3 is 15.2 Å². The van der Waals surface area contributed by atoms with Gasteiger partial charge in [0.1, 0.15) is 12.2 Å². The monoisotopic (exact) mass is 532 g/mol. The minimum Gasteiger partial charge on any atom is -0.476 e. The molecule has 0 amide bonds. The second-order valence-electron chi connectivity index (χ2n) is 9.44. The lowest BCUT2D eigenvalue weighted by molar-refractivity contribution is -0.117. The van der Waals surface area contributed by atoms with Gasteiger partial charge in [0.2, 0.25) is 11.8 Å². The van der Waals surface area contributed by atoms with E-state index in [1.54, 1.807) is 6.92 Å². The third-order valence-electron chi connectivity index (χ3n) is 5.54. The van der Waals surface area contributed by atoms with Gasteiger partial charge in [-0.3, -0.25) is 18.4 Å². The number of rotatable bonds is 7. The summed E-state index contributed by atoms with van der Waals surface area (Å²) in [5.74, 6) is 0.479. The number of thioether (sulfide) groups is 1. The smallest absolute Gasteiger partial charge is 0.406 e. The molecule has 4 rings (SSSR count). The van der Waals surface area contributed by atoms with Crippen molar-refractivity contribution >= 4 is 41.7 Å². The van der Waals surface area contributed by atoms with Crippen LogP contribution < -0.4 is 15.6 Å². The Balaban J connectivity index is 1.49. The number of carbonyl (C=O) groups excluding carboxylic acids is 1. The van der Waals surface area contributed by atoms with E-state index in [0.29, 0.717) is 17.9 Å². The van der Waals surface area contributed by atoms with Crippen molar-refractivity contribution in [1.29, 1.82) is 0 Å². The number of halogens is 1. The van der Waals surface area contributed by atoms with Crippen LogP contribution in [0, 0.1) is 5.41 Å². The molecule has 4 heterocycles. The molecular formula is C20H30FN6O6PS. The number of nitrogens with two attached hydrogens (primary N) is 1. The SMILES string of the molecule is CCOc1nc(N)nc2c1ncn2[C@@H]1O[C@@H]2CO[P@@](=O)(NCCSC(=O)C(C)(C)C)O[C@H]2[C@@]1(C)F. The van der Waals surface area contributed by atoms with Crippen LogP contribution in [0.5, 0.6) is 5.88 Å². The second kappa shape index (κ2) is 9.56. The van der Waals surface area contributed by atoms with Crippen LogP contribution in [0.1, 0.15) is 40.8 Å². The van der Waals surface area contributed by atoms with Crippen molar-refractivity contribution in [3.8, 4) is 5.88 Å². The maximum atomic E-state index is 16.2. The molecule has 2 aliphatic heterocycles. The zero-order valence-corrected chi connectivity index (χ0v) is 21.9. The molecule has 2 aromatic heterocycles. The Morgan fingerprint density at radius 1 is 1.46 bits per heavy atom. The molecule has 12 nitrogen and oxygen atoms in total. The van der Waals surface area contributed by atoms with Gasteiger partial charge in [0.15, 0.2) is 28.2 Å². The van der Waals surface area contributed by atoms with E-state index in [2.05, 4.69) is 20.0 Å². The first-order chi connectivity index (χ1) is 16.4. The summed E-state index contributed by atoms with van der Waals surface area (Å²) in [5.41, 5.74) is 3.75. The second-order valence-corrected chi connectivity index (χ2v) is 12.3. The Bertz CT molecular complexity index is 1160. The van der Waals surface area contributed by atoms with Crippen molar-refractivity contribution < 1.29 is 32.3 Å². The van der Waals surface area contributed by atoms with E-state index in [1.165, 1.54) is 17.8 Å². The summed E-state index contributed by atoms with van der Waals surface area (Å²) in [6, 6.07) is 0. The quantitative estimate of drug-likeness (QED) is 0.398. The highest BCUT2D eigenvalue weighted by molar-refractivity contribution is 8.13. The molecule has 5 atom stereocenters. The van der Waals surface area contributed by atoms with E-state index in [-0.39, 0.29) is 35.7 Å². The predicted octanol–water partition coefficient (Wildman–Crippen LogP) is 2.85. The molecule has 2 saturated heterocycles. The lowest BCUT2D eigenvalue weighted by Crippen LogP contribution is -2.46. The van der Waals surface area contributed by atoms with Crippen LogP contribution >= 0.6 is 19.5 Å². The summed E-state index contributed by atoms with van der Waals surface area (Å²) < 4.78 is 53.1. The molecule has 194 valence electrons. The highest BCUT2D eigenvalue weighted by Gasteiger charge is 2.61. The third-order valence-corrected chi connectivity index (χ3v) is 8.42. The number of aromatic nitrogens is 4. The molecule has 0 aromatic carbocycles. The molecule has 0 saturated carbocycles. The predicted molar refractivity (Wildman–Crippen MR) is 128 cm³/mol. The van der Waals surface area contributed by atoms with Crippen molar-refractivity contribution in [3.05, 3.63) is 6.33 Å². The Hall–Kier alpha value is -1.83. The van der Waals surface area contributed by atoms with Gasteiger partial charge in [-0.2, -0.15) is 9.97 Å². The number of carbonyl (C=O) groups is 1. The number of fused-ring (bicyclic) bond motifs is 2. The number of nitrogens with one attached hydrogen (secondary N) is 1. The molecule has 15 heteroatoms. The molecule has 0 spiro atoms. The summed E-state index contributed by atoms with van der Waals surface area (Å²) in [6.45, 7) is 8.93. The standard InChI is InChI=1S/C20H30FN6O6PS/c1-6-30-15-12-14(25-18(22)26-15)27(10-23-12)16-20(5,21)13-11(32-16)9-31-34(29,33-13)24-7-8-35-17(28)19(2,3)4/h10-11,13,16H,6-9H2,1-5H3,(H,24,29)(H2,22,25,26)/t11-,13-,16-,20-,34+/m1/s1. The zero-order valence-electron chi connectivity index (χ0n) is 20.2. The fraction of sp³-hybridized carbons (Fsp3) is 0.700. The summed E-state index contributed by atoms with van der Waals surface area (Å²) in [4.78, 5) is 24.5. The largest absolute Gasteiger partial charge is 0.476 e. The van der Waals surface area contributed by atoms with Gasteiger partial charge in [-0.05, 0) is 13.8 Å². The fourth-order valence-electron chi connectivity index (χ4n) is 3.80. The maximum Gasteiger partial charge on any atom is 0.406 e. The number of alkyl halides is 1. The third kappa shape index (κ3) is 5.18. The highest BCUT2D eigenvalue weighted by Crippen LogP contribution is 2.56. The molecule has 2 fully saturated rings. The number of imidazole rings is 1. The number of anilines is 1. The summed E-state index contributed by atoms with van der Waals surface area (Å²) >= 11 is 1.12. The fourth-order valence-corrected chi connectivity index (χ4v) is 6.37. The molecule has 0 unspecified atom stereocenters. The molecule has 2 aliphatic rings. The Morgan fingerprint density at radius 2 is 2.20 bits per heavy atom. The van der Waals surface area contributed by atoms with Gasteiger partial charge in [-0.1, -0.05) is 32.5 Å². The first kappa shape index (κ1) is 26.2. The van der Waals surface area contributed by atoms with Gasteiger partial charge in [0, 0.05) is 17.7 Å². The van der Waals surface area contributed by atoms with E-state index in [0.717, 1.165) is 11.8 Å². The lowest BCUT2D eigenvalue weighted by atomic mass is 9.98. The first-order valence-electron chi connectivity index (χ1n) is 11.2. The average Bonchev–Trinajstić information content (AvgIpc) is 3.28. The Labute approximate surface area is 206 Å². The molecule has 0 radical (unpaired) electrons. The van der Waals surface area contributed by atoms with Crippen LogP contribution in [0.3, 0.4) is 0 Å². The zero-order chi connectivity index (χ0) is 25.6. The van der Waals surface area contributed by atoms with Gasteiger partial charge in [0.05, 0.1) is 19.5 Å². The van der Waals surface area contributed by atoms with Crippen LogP contribution in [0.15, 0.2) is 6.33 Å². The number of hydrogen-bond acceptors (Lipinski definition) is 11. The first-order valence-corrected chi connectivity index (χ1v) is 13.7. The van der Waals surface area contributed by atoms with E-state index in [1.807, 2.05) is 20.8 Å². The maximum absolute atomic E-state index is 16.2. The van der Waals surface area contributed by atoms with Crippen LogP contribution in [0.4, 0.5) is 10.3 Å². The van der Waals surface area contributed by atoms with Crippen LogP contribution in [0.2, 0.25) is 0 Å². The molecule has 0 aliphatic carbocycles. The lowest BCUT2D eigenvalue weighted by Gasteiger charge is -2.34. The highest BCUT2D eigenvalue weighted by atomic mass is 32.2. The van der Waals surface area contributed by atoms with Gasteiger partial charge in [0.25, 0.3) is 0 Å². The Morgan fingerprint density at radius 3 is 2.89 bits per heavy atom.